The predicted octanol–water partition coefficient (Wildman–Crippen LogP) is 2.91. The van der Waals surface area contributed by atoms with Crippen LogP contribution in [0.25, 0.3) is 22.2 Å². The van der Waals surface area contributed by atoms with Crippen molar-refractivity contribution in [2.45, 2.75) is 31.2 Å². The minimum absolute atomic E-state index is 0.0273. The summed E-state index contributed by atoms with van der Waals surface area (Å²) in [6.07, 6.45) is 1.14. The highest BCUT2D eigenvalue weighted by molar-refractivity contribution is 7.87. The first-order valence-corrected chi connectivity index (χ1v) is 12.3. The molecule has 2 aromatic carbocycles. The molecule has 184 valence electrons. The minimum atomic E-state index is -3.97. The van der Waals surface area contributed by atoms with Gasteiger partial charge in [0.2, 0.25) is 0 Å². The number of fused-ring (bicyclic) bond motifs is 1. The Morgan fingerprint density at radius 2 is 1.71 bits per heavy atom. The third kappa shape index (κ3) is 4.98. The molecule has 1 fully saturated rings. The minimum Gasteiger partial charge on any atom is -0.394 e. The van der Waals surface area contributed by atoms with E-state index in [4.69, 9.17) is 0 Å². The largest absolute Gasteiger partial charge is 0.394 e. The van der Waals surface area contributed by atoms with Gasteiger partial charge in [-0.3, -0.25) is 0 Å². The number of hydrogen-bond acceptors (Lipinski definition) is 4. The number of halogens is 3. The molecule has 5 N–H and O–H groups in total. The lowest BCUT2D eigenvalue weighted by Gasteiger charge is -2.36. The Morgan fingerprint density at radius 1 is 1.06 bits per heavy atom. The Hall–Kier alpha value is -2.44. The van der Waals surface area contributed by atoms with Crippen LogP contribution in [0.1, 0.15) is 31.2 Å². The Balaban J connectivity index is 1.54. The van der Waals surface area contributed by atoms with Crippen molar-refractivity contribution < 1.29 is 31.8 Å². The number of hydrogen-bond donors (Lipinski definition) is 5. The smallest absolute Gasteiger partial charge is 0.277 e. The summed E-state index contributed by atoms with van der Waals surface area (Å²) in [6, 6.07) is 7.77. The Labute approximate surface area is 195 Å². The number of aromatic nitrogens is 1. The standard InChI is InChI=1S/C23H26F3N3O4S/c1-23(11-30,12-31)29-34(32,33)27-10-13-6-15(7-13)20-18-8-17(25)9-19(26)22(18)28-21(20)14-2-4-16(24)5-3-14/h2-5,8-9,13,15,27-31H,6-7,10-12H2,1H3/t13-,15-. The van der Waals surface area contributed by atoms with Gasteiger partial charge < -0.3 is 15.2 Å². The van der Waals surface area contributed by atoms with E-state index in [9.17, 15) is 31.8 Å². The molecule has 1 aliphatic carbocycles. The van der Waals surface area contributed by atoms with Crippen LogP contribution < -0.4 is 9.44 Å². The molecule has 0 atom stereocenters. The van der Waals surface area contributed by atoms with Crippen molar-refractivity contribution in [2.75, 3.05) is 19.8 Å². The number of aromatic amines is 1. The van der Waals surface area contributed by atoms with E-state index >= 15 is 0 Å². The summed E-state index contributed by atoms with van der Waals surface area (Å²) in [5.41, 5.74) is 0.692. The summed E-state index contributed by atoms with van der Waals surface area (Å²) in [7, 11) is -3.97. The van der Waals surface area contributed by atoms with Gasteiger partial charge in [-0.25, -0.2) is 17.9 Å². The molecule has 1 saturated carbocycles. The second kappa shape index (κ2) is 9.31. The molecule has 0 saturated heterocycles. The predicted molar refractivity (Wildman–Crippen MR) is 122 cm³/mol. The fourth-order valence-corrected chi connectivity index (χ4v) is 5.65. The molecule has 0 unspecified atom stereocenters. The number of aliphatic hydroxyl groups excluding tert-OH is 2. The Morgan fingerprint density at radius 3 is 2.32 bits per heavy atom. The van der Waals surface area contributed by atoms with E-state index in [1.54, 1.807) is 12.1 Å². The SMILES string of the molecule is CC(CO)(CO)NS(=O)(=O)NC[C@H]1C[C@H](c2c(-c3ccc(F)cc3)[nH]c3c(F)cc(F)cc32)C1. The van der Waals surface area contributed by atoms with Crippen molar-refractivity contribution in [2.24, 2.45) is 5.92 Å². The highest BCUT2D eigenvalue weighted by atomic mass is 32.2. The van der Waals surface area contributed by atoms with Crippen molar-refractivity contribution in [3.05, 3.63) is 59.4 Å². The van der Waals surface area contributed by atoms with Crippen LogP contribution in [-0.4, -0.2) is 48.9 Å². The number of aliphatic hydroxyl groups is 2. The van der Waals surface area contributed by atoms with E-state index in [0.717, 1.165) is 6.07 Å². The second-order valence-electron chi connectivity index (χ2n) is 9.10. The van der Waals surface area contributed by atoms with Crippen LogP contribution in [0.3, 0.4) is 0 Å². The van der Waals surface area contributed by atoms with Gasteiger partial charge in [-0.1, -0.05) is 0 Å². The molecule has 1 heterocycles. The topological polar surface area (TPSA) is 114 Å². The number of H-pyrrole nitrogens is 1. The van der Waals surface area contributed by atoms with Gasteiger partial charge in [-0.05, 0) is 73.1 Å². The van der Waals surface area contributed by atoms with Gasteiger partial charge in [0.05, 0.1) is 30.0 Å². The average molecular weight is 498 g/mol. The average Bonchev–Trinajstić information content (AvgIpc) is 3.12. The summed E-state index contributed by atoms with van der Waals surface area (Å²) >= 11 is 0. The van der Waals surface area contributed by atoms with Crippen LogP contribution in [0.15, 0.2) is 36.4 Å². The molecule has 1 aromatic heterocycles. The zero-order chi connectivity index (χ0) is 24.7. The fraction of sp³-hybridized carbons (Fsp3) is 0.391. The zero-order valence-corrected chi connectivity index (χ0v) is 19.2. The number of nitrogens with one attached hydrogen (secondary N) is 3. The molecule has 4 rings (SSSR count). The first kappa shape index (κ1) is 24.7. The third-order valence-electron chi connectivity index (χ3n) is 6.28. The molecule has 7 nitrogen and oxygen atoms in total. The fourth-order valence-electron chi connectivity index (χ4n) is 4.35. The van der Waals surface area contributed by atoms with Crippen molar-refractivity contribution in [1.82, 2.24) is 14.4 Å². The number of benzene rings is 2. The van der Waals surface area contributed by atoms with Crippen LogP contribution in [-0.2, 0) is 10.2 Å². The van der Waals surface area contributed by atoms with Gasteiger partial charge in [0.15, 0.2) is 0 Å². The molecular formula is C23H26F3N3O4S. The van der Waals surface area contributed by atoms with Crippen molar-refractivity contribution in [3.8, 4) is 11.3 Å². The summed E-state index contributed by atoms with van der Waals surface area (Å²) in [6.45, 7) is 0.346. The van der Waals surface area contributed by atoms with Crippen LogP contribution in [0, 0.1) is 23.4 Å². The molecular weight excluding hydrogens is 471 g/mol. The summed E-state index contributed by atoms with van der Waals surface area (Å²) in [5.74, 6) is -1.96. The van der Waals surface area contributed by atoms with Crippen molar-refractivity contribution >= 4 is 21.1 Å². The van der Waals surface area contributed by atoms with Crippen LogP contribution >= 0.6 is 0 Å². The number of rotatable bonds is 9. The van der Waals surface area contributed by atoms with Crippen LogP contribution in [0.4, 0.5) is 13.2 Å². The zero-order valence-electron chi connectivity index (χ0n) is 18.4. The van der Waals surface area contributed by atoms with Crippen LogP contribution in [0.5, 0.6) is 0 Å². The van der Waals surface area contributed by atoms with E-state index in [0.29, 0.717) is 35.0 Å². The third-order valence-corrected chi connectivity index (χ3v) is 7.59. The quantitative estimate of drug-likeness (QED) is 0.313. The molecule has 3 aromatic rings. The van der Waals surface area contributed by atoms with Gasteiger partial charge in [0.1, 0.15) is 17.5 Å². The van der Waals surface area contributed by atoms with Gasteiger partial charge in [-0.2, -0.15) is 13.1 Å². The molecule has 34 heavy (non-hydrogen) atoms. The summed E-state index contributed by atoms with van der Waals surface area (Å²) in [5, 5.41) is 19.0. The molecule has 0 radical (unpaired) electrons. The van der Waals surface area contributed by atoms with E-state index in [2.05, 4.69) is 14.4 Å². The maximum absolute atomic E-state index is 14.5. The first-order chi connectivity index (χ1) is 16.0. The summed E-state index contributed by atoms with van der Waals surface area (Å²) in [4.78, 5) is 3.02. The van der Waals surface area contributed by atoms with Gasteiger partial charge >= 0.3 is 0 Å². The Kier molecular flexibility index (Phi) is 6.76. The van der Waals surface area contributed by atoms with Gasteiger partial charge in [0, 0.05) is 18.0 Å². The summed E-state index contributed by atoms with van der Waals surface area (Å²) < 4.78 is 71.1. The first-order valence-electron chi connectivity index (χ1n) is 10.8. The van der Waals surface area contributed by atoms with E-state index in [1.807, 2.05) is 0 Å². The monoisotopic (exact) mass is 497 g/mol. The molecule has 11 heteroatoms. The van der Waals surface area contributed by atoms with Gasteiger partial charge in [-0.15, -0.1) is 0 Å². The highest BCUT2D eigenvalue weighted by Gasteiger charge is 2.36. The van der Waals surface area contributed by atoms with Crippen molar-refractivity contribution in [1.29, 1.82) is 0 Å². The Bertz CT molecular complexity index is 1290. The van der Waals surface area contributed by atoms with Crippen molar-refractivity contribution in [3.63, 3.8) is 0 Å². The molecule has 0 amide bonds. The van der Waals surface area contributed by atoms with Gasteiger partial charge in [0.25, 0.3) is 10.2 Å². The lowest BCUT2D eigenvalue weighted by atomic mass is 9.70. The molecule has 0 aliphatic heterocycles. The van der Waals surface area contributed by atoms with Crippen LogP contribution in [0.2, 0.25) is 0 Å². The van der Waals surface area contributed by atoms with E-state index in [-0.39, 0.29) is 23.9 Å². The molecule has 0 bridgehead atoms. The maximum atomic E-state index is 14.5. The second-order valence-corrected chi connectivity index (χ2v) is 10.6. The van der Waals surface area contributed by atoms with E-state index < -0.39 is 46.4 Å². The normalized spacial score (nSPS) is 18.9. The molecule has 1 aliphatic rings. The lowest BCUT2D eigenvalue weighted by molar-refractivity contribution is 0.121. The highest BCUT2D eigenvalue weighted by Crippen LogP contribution is 2.48. The lowest BCUT2D eigenvalue weighted by Crippen LogP contribution is -2.55. The van der Waals surface area contributed by atoms with E-state index in [1.165, 1.54) is 25.1 Å². The molecule has 0 spiro atoms. The maximum Gasteiger partial charge on any atom is 0.277 e.